The third-order valence-corrected chi connectivity index (χ3v) is 2.71. The van der Waals surface area contributed by atoms with Crippen molar-refractivity contribution in [3.8, 4) is 0 Å². The van der Waals surface area contributed by atoms with E-state index in [-0.39, 0.29) is 11.8 Å². The molecule has 1 aromatic rings. The van der Waals surface area contributed by atoms with Gasteiger partial charge < -0.3 is 10.2 Å². The summed E-state index contributed by atoms with van der Waals surface area (Å²) in [6, 6.07) is 5.19. The molecule has 1 atom stereocenters. The molecule has 1 unspecified atom stereocenters. The van der Waals surface area contributed by atoms with Crippen LogP contribution >= 0.6 is 11.6 Å². The van der Waals surface area contributed by atoms with E-state index in [0.29, 0.717) is 11.3 Å². The van der Waals surface area contributed by atoms with Gasteiger partial charge in [0.15, 0.2) is 0 Å². The number of halogens is 1. The molecular weight excluding hydrogens is 252 g/mol. The van der Waals surface area contributed by atoms with Crippen molar-refractivity contribution >= 4 is 29.1 Å². The van der Waals surface area contributed by atoms with Crippen LogP contribution in [-0.4, -0.2) is 36.2 Å². The van der Waals surface area contributed by atoms with Crippen molar-refractivity contribution < 1.29 is 9.59 Å². The first-order chi connectivity index (χ1) is 8.32. The van der Waals surface area contributed by atoms with Crippen LogP contribution in [0.4, 0.5) is 5.69 Å². The molecule has 2 amide bonds. The van der Waals surface area contributed by atoms with E-state index in [2.05, 4.69) is 5.32 Å². The van der Waals surface area contributed by atoms with Gasteiger partial charge in [-0.05, 0) is 31.5 Å². The van der Waals surface area contributed by atoms with Gasteiger partial charge >= 0.3 is 0 Å². The number of rotatable bonds is 3. The third kappa shape index (κ3) is 3.47. The number of hydrogen-bond acceptors (Lipinski definition) is 2. The summed E-state index contributed by atoms with van der Waals surface area (Å²) in [4.78, 5) is 24.8. The van der Waals surface area contributed by atoms with Crippen molar-refractivity contribution in [2.24, 2.45) is 0 Å². The van der Waals surface area contributed by atoms with Gasteiger partial charge in [0, 0.05) is 25.3 Å². The number of aryl methyl sites for hydroxylation is 1. The number of carbonyl (C=O) groups excluding carboxylic acids is 2. The van der Waals surface area contributed by atoms with Crippen LogP contribution in [0.2, 0.25) is 0 Å². The Kier molecular flexibility index (Phi) is 4.73. The molecule has 0 aliphatic heterocycles. The summed E-state index contributed by atoms with van der Waals surface area (Å²) in [6.45, 7) is 3.46. The van der Waals surface area contributed by atoms with Crippen LogP contribution in [0.3, 0.4) is 0 Å². The van der Waals surface area contributed by atoms with Crippen LogP contribution in [0.15, 0.2) is 18.2 Å². The monoisotopic (exact) mass is 268 g/mol. The second kappa shape index (κ2) is 5.87. The van der Waals surface area contributed by atoms with Crippen LogP contribution in [0.5, 0.6) is 0 Å². The summed E-state index contributed by atoms with van der Waals surface area (Å²) in [7, 11) is 3.36. The predicted molar refractivity (Wildman–Crippen MR) is 73.1 cm³/mol. The molecule has 5 heteroatoms. The van der Waals surface area contributed by atoms with Gasteiger partial charge in [-0.2, -0.15) is 0 Å². The Balaban J connectivity index is 3.02. The number of benzene rings is 1. The van der Waals surface area contributed by atoms with E-state index in [1.807, 2.05) is 6.92 Å². The minimum atomic E-state index is -0.613. The average molecular weight is 269 g/mol. The van der Waals surface area contributed by atoms with Crippen molar-refractivity contribution in [2.75, 3.05) is 19.4 Å². The minimum Gasteiger partial charge on any atom is -0.345 e. The van der Waals surface area contributed by atoms with E-state index in [0.717, 1.165) is 5.56 Å². The van der Waals surface area contributed by atoms with E-state index in [1.165, 1.54) is 4.90 Å². The second-order valence-electron chi connectivity index (χ2n) is 4.33. The Morgan fingerprint density at radius 1 is 1.33 bits per heavy atom. The maximum atomic E-state index is 11.8. The first kappa shape index (κ1) is 14.5. The largest absolute Gasteiger partial charge is 0.345 e. The first-order valence-electron chi connectivity index (χ1n) is 5.60. The van der Waals surface area contributed by atoms with Gasteiger partial charge in [-0.1, -0.05) is 6.07 Å². The molecule has 1 aromatic carbocycles. The molecule has 0 bridgehead atoms. The van der Waals surface area contributed by atoms with E-state index in [9.17, 15) is 9.59 Å². The van der Waals surface area contributed by atoms with Crippen molar-refractivity contribution in [3.63, 3.8) is 0 Å². The molecule has 0 aliphatic rings. The molecular formula is C13H17ClN2O2. The number of alkyl halides is 1. The lowest BCUT2D eigenvalue weighted by molar-refractivity contribution is -0.115. The smallest absolute Gasteiger partial charge is 0.253 e. The second-order valence-corrected chi connectivity index (χ2v) is 4.99. The summed E-state index contributed by atoms with van der Waals surface area (Å²) in [5.41, 5.74) is 2.03. The quantitative estimate of drug-likeness (QED) is 0.855. The molecule has 0 aliphatic carbocycles. The summed E-state index contributed by atoms with van der Waals surface area (Å²) in [5, 5.41) is 2.09. The zero-order valence-corrected chi connectivity index (χ0v) is 11.7. The molecule has 0 aromatic heterocycles. The molecule has 0 saturated heterocycles. The van der Waals surface area contributed by atoms with Crippen LogP contribution < -0.4 is 5.32 Å². The van der Waals surface area contributed by atoms with Gasteiger partial charge in [0.05, 0.1) is 0 Å². The molecule has 1 rings (SSSR count). The maximum Gasteiger partial charge on any atom is 0.253 e. The maximum absolute atomic E-state index is 11.8. The van der Waals surface area contributed by atoms with Gasteiger partial charge in [-0.15, -0.1) is 11.6 Å². The fourth-order valence-corrected chi connectivity index (χ4v) is 1.43. The predicted octanol–water partition coefficient (Wildman–Crippen LogP) is 2.26. The standard InChI is InChI=1S/C13H17ClN2O2/c1-8-5-6-10(13(18)16(3)4)7-11(8)15-12(17)9(2)14/h5-7,9H,1-4H3,(H,15,17). The summed E-state index contributed by atoms with van der Waals surface area (Å²) in [6.07, 6.45) is 0. The zero-order chi connectivity index (χ0) is 13.9. The number of carbonyl (C=O) groups is 2. The Morgan fingerprint density at radius 2 is 1.94 bits per heavy atom. The van der Waals surface area contributed by atoms with Crippen LogP contribution in [-0.2, 0) is 4.79 Å². The minimum absolute atomic E-state index is 0.107. The number of hydrogen-bond donors (Lipinski definition) is 1. The van der Waals surface area contributed by atoms with Crippen LogP contribution in [0.25, 0.3) is 0 Å². The lowest BCUT2D eigenvalue weighted by atomic mass is 10.1. The number of nitrogens with zero attached hydrogens (tertiary/aromatic N) is 1. The lowest BCUT2D eigenvalue weighted by Crippen LogP contribution is -2.23. The highest BCUT2D eigenvalue weighted by molar-refractivity contribution is 6.32. The number of amides is 2. The lowest BCUT2D eigenvalue weighted by Gasteiger charge is -2.14. The van der Waals surface area contributed by atoms with Gasteiger partial charge in [0.25, 0.3) is 5.91 Å². The van der Waals surface area contributed by atoms with Gasteiger partial charge in [-0.25, -0.2) is 0 Å². The van der Waals surface area contributed by atoms with E-state index in [1.54, 1.807) is 39.2 Å². The average Bonchev–Trinajstić information content (AvgIpc) is 2.30. The van der Waals surface area contributed by atoms with Gasteiger partial charge in [0.2, 0.25) is 5.91 Å². The highest BCUT2D eigenvalue weighted by Crippen LogP contribution is 2.18. The number of anilines is 1. The van der Waals surface area contributed by atoms with Crippen molar-refractivity contribution in [2.45, 2.75) is 19.2 Å². The van der Waals surface area contributed by atoms with Crippen LogP contribution in [0.1, 0.15) is 22.8 Å². The van der Waals surface area contributed by atoms with Crippen LogP contribution in [0, 0.1) is 6.92 Å². The molecule has 0 radical (unpaired) electrons. The fourth-order valence-electron chi connectivity index (χ4n) is 1.38. The summed E-state index contributed by atoms with van der Waals surface area (Å²) >= 11 is 5.70. The zero-order valence-electron chi connectivity index (χ0n) is 11.0. The SMILES string of the molecule is Cc1ccc(C(=O)N(C)C)cc1NC(=O)C(C)Cl. The fraction of sp³-hybridized carbons (Fsp3) is 0.385. The topological polar surface area (TPSA) is 49.4 Å². The third-order valence-electron chi connectivity index (χ3n) is 2.51. The van der Waals surface area contributed by atoms with E-state index in [4.69, 9.17) is 11.6 Å². The van der Waals surface area contributed by atoms with Crippen molar-refractivity contribution in [1.29, 1.82) is 0 Å². The van der Waals surface area contributed by atoms with E-state index < -0.39 is 5.38 Å². The molecule has 0 heterocycles. The molecule has 4 nitrogen and oxygen atoms in total. The van der Waals surface area contributed by atoms with Gasteiger partial charge in [0.1, 0.15) is 5.38 Å². The highest BCUT2D eigenvalue weighted by atomic mass is 35.5. The molecule has 1 N–H and O–H groups in total. The summed E-state index contributed by atoms with van der Waals surface area (Å²) in [5.74, 6) is -0.390. The van der Waals surface area contributed by atoms with Crippen molar-refractivity contribution in [1.82, 2.24) is 4.90 Å². The molecule has 18 heavy (non-hydrogen) atoms. The van der Waals surface area contributed by atoms with Gasteiger partial charge in [-0.3, -0.25) is 9.59 Å². The summed E-state index contributed by atoms with van der Waals surface area (Å²) < 4.78 is 0. The molecule has 0 fully saturated rings. The molecule has 98 valence electrons. The Bertz CT molecular complexity index is 470. The normalized spacial score (nSPS) is 11.8. The Labute approximate surface area is 112 Å². The highest BCUT2D eigenvalue weighted by Gasteiger charge is 2.13. The first-order valence-corrected chi connectivity index (χ1v) is 6.03. The Hall–Kier alpha value is -1.55. The molecule has 0 spiro atoms. The van der Waals surface area contributed by atoms with Crippen molar-refractivity contribution in [3.05, 3.63) is 29.3 Å². The Morgan fingerprint density at radius 3 is 2.44 bits per heavy atom. The number of nitrogens with one attached hydrogen (secondary N) is 1. The molecule has 0 saturated carbocycles. The van der Waals surface area contributed by atoms with E-state index >= 15 is 0 Å².